The Labute approximate surface area is 100 Å². The van der Waals surface area contributed by atoms with Gasteiger partial charge < -0.3 is 5.32 Å². The van der Waals surface area contributed by atoms with Crippen molar-refractivity contribution in [1.29, 1.82) is 0 Å². The third-order valence-corrected chi connectivity index (χ3v) is 2.37. The lowest BCUT2D eigenvalue weighted by Crippen LogP contribution is -2.09. The molecular weight excluding hydrogens is 220 g/mol. The van der Waals surface area contributed by atoms with Crippen LogP contribution in [0, 0.1) is 29.4 Å². The zero-order valence-electron chi connectivity index (χ0n) is 10.1. The molecule has 6 heteroatoms. The van der Waals surface area contributed by atoms with Gasteiger partial charge in [-0.05, 0) is 20.3 Å². The van der Waals surface area contributed by atoms with Crippen LogP contribution in [-0.2, 0) is 6.54 Å². The Bertz CT molecular complexity index is 445. The Kier molecular flexibility index (Phi) is 4.52. The molecule has 0 unspecified atom stereocenters. The van der Waals surface area contributed by atoms with Gasteiger partial charge in [0.05, 0.1) is 4.92 Å². The summed E-state index contributed by atoms with van der Waals surface area (Å²) in [7, 11) is 0. The molecule has 0 radical (unpaired) electrons. The normalized spacial score (nSPS) is 9.94. The van der Waals surface area contributed by atoms with Crippen molar-refractivity contribution in [2.45, 2.75) is 33.2 Å². The Morgan fingerprint density at radius 2 is 2.35 bits per heavy atom. The average Bonchev–Trinajstić information content (AvgIpc) is 2.61. The van der Waals surface area contributed by atoms with Crippen LogP contribution in [-0.4, -0.2) is 21.2 Å². The van der Waals surface area contributed by atoms with Crippen LogP contribution in [0.3, 0.4) is 0 Å². The maximum atomic E-state index is 10.9. The maximum absolute atomic E-state index is 10.9. The van der Waals surface area contributed by atoms with E-state index in [4.69, 9.17) is 6.42 Å². The molecule has 0 bridgehead atoms. The highest BCUT2D eigenvalue weighted by Crippen LogP contribution is 2.27. The molecule has 0 aliphatic carbocycles. The first kappa shape index (κ1) is 13.0. The number of nitrogens with zero attached hydrogens (tertiary/aromatic N) is 3. The topological polar surface area (TPSA) is 73.0 Å². The van der Waals surface area contributed by atoms with Crippen molar-refractivity contribution < 1.29 is 4.92 Å². The molecule has 1 aromatic rings. The second-order valence-corrected chi connectivity index (χ2v) is 3.59. The molecule has 0 saturated carbocycles. The van der Waals surface area contributed by atoms with Gasteiger partial charge in [-0.15, -0.1) is 12.3 Å². The molecule has 92 valence electrons. The first-order valence-electron chi connectivity index (χ1n) is 5.51. The number of terminal acetylenes is 1. The summed E-state index contributed by atoms with van der Waals surface area (Å²) in [6.07, 6.45) is 6.57. The van der Waals surface area contributed by atoms with Crippen LogP contribution >= 0.6 is 0 Å². The number of hydrogen-bond acceptors (Lipinski definition) is 4. The monoisotopic (exact) mass is 236 g/mol. The predicted octanol–water partition coefficient (Wildman–Crippen LogP) is 1.94. The highest BCUT2D eigenvalue weighted by Gasteiger charge is 2.24. The second kappa shape index (κ2) is 5.89. The van der Waals surface area contributed by atoms with Crippen LogP contribution in [0.5, 0.6) is 0 Å². The van der Waals surface area contributed by atoms with E-state index in [1.165, 1.54) is 0 Å². The van der Waals surface area contributed by atoms with Gasteiger partial charge in [0, 0.05) is 19.5 Å². The van der Waals surface area contributed by atoms with Crippen molar-refractivity contribution in [3.63, 3.8) is 0 Å². The van der Waals surface area contributed by atoms with E-state index in [2.05, 4.69) is 16.3 Å². The van der Waals surface area contributed by atoms with Crippen LogP contribution in [0.1, 0.15) is 25.5 Å². The van der Waals surface area contributed by atoms with Crippen molar-refractivity contribution in [2.75, 3.05) is 11.9 Å². The van der Waals surface area contributed by atoms with E-state index in [1.54, 1.807) is 11.6 Å². The number of aromatic nitrogens is 2. The minimum atomic E-state index is -0.405. The molecule has 1 aromatic heterocycles. The summed E-state index contributed by atoms with van der Waals surface area (Å²) in [5.41, 5.74) is 0.476. The highest BCUT2D eigenvalue weighted by molar-refractivity contribution is 5.59. The molecule has 0 atom stereocenters. The van der Waals surface area contributed by atoms with Gasteiger partial charge in [0.2, 0.25) is 5.82 Å². The molecule has 0 aliphatic rings. The van der Waals surface area contributed by atoms with Gasteiger partial charge in [0.1, 0.15) is 5.69 Å². The molecule has 1 N–H and O–H groups in total. The summed E-state index contributed by atoms with van der Waals surface area (Å²) < 4.78 is 1.60. The lowest BCUT2D eigenvalue weighted by Gasteiger charge is -2.06. The number of nitro groups is 1. The van der Waals surface area contributed by atoms with Crippen LogP contribution in [0.4, 0.5) is 11.5 Å². The molecule has 0 fully saturated rings. The molecule has 0 aromatic carbocycles. The van der Waals surface area contributed by atoms with Gasteiger partial charge in [-0.25, -0.2) is 4.68 Å². The zero-order valence-corrected chi connectivity index (χ0v) is 10.1. The van der Waals surface area contributed by atoms with E-state index in [9.17, 15) is 10.1 Å². The molecule has 1 heterocycles. The number of rotatable bonds is 6. The van der Waals surface area contributed by atoms with Crippen molar-refractivity contribution >= 4 is 11.5 Å². The predicted molar refractivity (Wildman–Crippen MR) is 65.8 cm³/mol. The van der Waals surface area contributed by atoms with Crippen LogP contribution in [0.15, 0.2) is 0 Å². The van der Waals surface area contributed by atoms with E-state index >= 15 is 0 Å². The highest BCUT2D eigenvalue weighted by atomic mass is 16.6. The summed E-state index contributed by atoms with van der Waals surface area (Å²) in [6.45, 7) is 4.72. The van der Waals surface area contributed by atoms with Crippen LogP contribution in [0.25, 0.3) is 0 Å². The fraction of sp³-hybridized carbons (Fsp3) is 0.545. The summed E-state index contributed by atoms with van der Waals surface area (Å²) in [4.78, 5) is 10.5. The van der Waals surface area contributed by atoms with Gasteiger partial charge in [-0.2, -0.15) is 5.10 Å². The third kappa shape index (κ3) is 2.97. The van der Waals surface area contributed by atoms with Crippen LogP contribution in [0.2, 0.25) is 0 Å². The van der Waals surface area contributed by atoms with Gasteiger partial charge >= 0.3 is 5.69 Å². The van der Waals surface area contributed by atoms with E-state index in [0.717, 1.165) is 6.42 Å². The first-order valence-corrected chi connectivity index (χ1v) is 5.51. The number of hydrogen-bond donors (Lipinski definition) is 1. The number of anilines is 1. The largest absolute Gasteiger partial charge is 0.364 e. The minimum absolute atomic E-state index is 0.0487. The van der Waals surface area contributed by atoms with Gasteiger partial charge in [0.15, 0.2) is 0 Å². The summed E-state index contributed by atoms with van der Waals surface area (Å²) >= 11 is 0. The SMILES string of the molecule is C#CCCCNc1c([N+](=O)[O-])c(C)nn1CC. The fourth-order valence-electron chi connectivity index (χ4n) is 1.59. The molecule has 0 spiro atoms. The van der Waals surface area contributed by atoms with Crippen LogP contribution < -0.4 is 5.32 Å². The Morgan fingerprint density at radius 3 is 2.88 bits per heavy atom. The summed E-state index contributed by atoms with van der Waals surface area (Å²) in [5.74, 6) is 2.99. The summed E-state index contributed by atoms with van der Waals surface area (Å²) in [6, 6.07) is 0. The Morgan fingerprint density at radius 1 is 1.65 bits per heavy atom. The number of unbranched alkanes of at least 4 members (excludes halogenated alkanes) is 1. The smallest absolute Gasteiger partial charge is 0.333 e. The number of nitrogens with one attached hydrogen (secondary N) is 1. The standard InChI is InChI=1S/C11H16N4O2/c1-4-6-7-8-12-11-10(15(16)17)9(3)13-14(11)5-2/h1,12H,5-8H2,2-3H3. The van der Waals surface area contributed by atoms with Gasteiger partial charge in [-0.1, -0.05) is 0 Å². The molecule has 0 amide bonds. The molecule has 1 rings (SSSR count). The molecule has 0 saturated heterocycles. The van der Waals surface area contributed by atoms with E-state index in [1.807, 2.05) is 6.92 Å². The number of aryl methyl sites for hydroxylation is 2. The van der Waals surface area contributed by atoms with Crippen molar-refractivity contribution in [3.8, 4) is 12.3 Å². The fourth-order valence-corrected chi connectivity index (χ4v) is 1.59. The lowest BCUT2D eigenvalue weighted by atomic mass is 10.3. The minimum Gasteiger partial charge on any atom is -0.364 e. The Hall–Kier alpha value is -2.03. The van der Waals surface area contributed by atoms with Gasteiger partial charge in [-0.3, -0.25) is 10.1 Å². The maximum Gasteiger partial charge on any atom is 0.333 e. The van der Waals surface area contributed by atoms with Crippen molar-refractivity contribution in [1.82, 2.24) is 9.78 Å². The molecule has 6 nitrogen and oxygen atoms in total. The first-order chi connectivity index (χ1) is 8.11. The lowest BCUT2D eigenvalue weighted by molar-refractivity contribution is -0.384. The Balaban J connectivity index is 2.87. The van der Waals surface area contributed by atoms with E-state index in [-0.39, 0.29) is 5.69 Å². The van der Waals surface area contributed by atoms with Crippen molar-refractivity contribution in [3.05, 3.63) is 15.8 Å². The average molecular weight is 236 g/mol. The summed E-state index contributed by atoms with van der Waals surface area (Å²) in [5, 5.41) is 18.1. The molecule has 17 heavy (non-hydrogen) atoms. The molecule has 0 aliphatic heterocycles. The van der Waals surface area contributed by atoms with E-state index in [0.29, 0.717) is 31.0 Å². The van der Waals surface area contributed by atoms with E-state index < -0.39 is 4.92 Å². The zero-order chi connectivity index (χ0) is 12.8. The molecular formula is C11H16N4O2. The quantitative estimate of drug-likeness (QED) is 0.354. The third-order valence-electron chi connectivity index (χ3n) is 2.37. The van der Waals surface area contributed by atoms with Crippen molar-refractivity contribution in [2.24, 2.45) is 0 Å². The van der Waals surface area contributed by atoms with Gasteiger partial charge in [0.25, 0.3) is 0 Å². The second-order valence-electron chi connectivity index (χ2n) is 3.59.